The lowest BCUT2D eigenvalue weighted by atomic mass is 9.79. The number of carbonyl (C=O) groups excluding carboxylic acids is 1. The van der Waals surface area contributed by atoms with Crippen molar-refractivity contribution in [2.75, 3.05) is 0 Å². The van der Waals surface area contributed by atoms with E-state index in [0.29, 0.717) is 12.3 Å². The Bertz CT molecular complexity index is 650. The summed E-state index contributed by atoms with van der Waals surface area (Å²) in [6.07, 6.45) is 4.28. The lowest BCUT2D eigenvalue weighted by Gasteiger charge is -2.33. The molecule has 1 N–H and O–H groups in total. The second kappa shape index (κ2) is 4.89. The van der Waals surface area contributed by atoms with Crippen LogP contribution in [-0.2, 0) is 11.2 Å². The van der Waals surface area contributed by atoms with Gasteiger partial charge in [0.1, 0.15) is 0 Å². The van der Waals surface area contributed by atoms with Crippen molar-refractivity contribution in [2.45, 2.75) is 38.6 Å². The Morgan fingerprint density at radius 2 is 2.20 bits per heavy atom. The molecule has 0 spiro atoms. The van der Waals surface area contributed by atoms with Gasteiger partial charge in [0.05, 0.1) is 5.52 Å². The molecule has 0 radical (unpaired) electrons. The maximum atomic E-state index is 11.6. The number of benzene rings is 1. The number of amides is 1. The molecule has 104 valence electrons. The molecule has 3 nitrogen and oxygen atoms in total. The summed E-state index contributed by atoms with van der Waals surface area (Å²) in [6, 6.07) is 10.4. The predicted octanol–water partition coefficient (Wildman–Crippen LogP) is 3.08. The second-order valence-electron chi connectivity index (χ2n) is 6.07. The summed E-state index contributed by atoms with van der Waals surface area (Å²) in [4.78, 5) is 16.0. The highest BCUT2D eigenvalue weighted by molar-refractivity contribution is 5.80. The first-order chi connectivity index (χ1) is 9.59. The zero-order valence-corrected chi connectivity index (χ0v) is 12.0. The minimum Gasteiger partial charge on any atom is -0.350 e. The van der Waals surface area contributed by atoms with Crippen LogP contribution in [0, 0.1) is 5.92 Å². The van der Waals surface area contributed by atoms with E-state index in [4.69, 9.17) is 0 Å². The Hall–Kier alpha value is -1.90. The molecule has 0 bridgehead atoms. The van der Waals surface area contributed by atoms with Crippen LogP contribution >= 0.6 is 0 Å². The maximum Gasteiger partial charge on any atom is 0.220 e. The molecule has 1 saturated heterocycles. The predicted molar refractivity (Wildman–Crippen MR) is 80.4 cm³/mol. The maximum absolute atomic E-state index is 11.6. The molecule has 3 rings (SSSR count). The molecule has 1 aromatic heterocycles. The highest BCUT2D eigenvalue weighted by Crippen LogP contribution is 2.32. The van der Waals surface area contributed by atoms with Gasteiger partial charge in [0.25, 0.3) is 0 Å². The van der Waals surface area contributed by atoms with Crippen LogP contribution in [0.2, 0.25) is 0 Å². The SMILES string of the molecule is CC(C)C1(Cc2ccc3ncccc3c2)CCC(=O)N1. The number of nitrogens with one attached hydrogen (secondary N) is 1. The minimum absolute atomic E-state index is 0.0903. The van der Waals surface area contributed by atoms with E-state index in [1.54, 1.807) is 0 Å². The van der Waals surface area contributed by atoms with Crippen molar-refractivity contribution in [2.24, 2.45) is 5.92 Å². The minimum atomic E-state index is -0.0903. The molecule has 1 aliphatic heterocycles. The number of aromatic nitrogens is 1. The molecule has 1 amide bonds. The number of fused-ring (bicyclic) bond motifs is 1. The average Bonchev–Trinajstić information content (AvgIpc) is 2.81. The molecule has 1 aromatic carbocycles. The van der Waals surface area contributed by atoms with Gasteiger partial charge in [-0.2, -0.15) is 0 Å². The lowest BCUT2D eigenvalue weighted by Crippen LogP contribution is -2.48. The number of hydrogen-bond donors (Lipinski definition) is 1. The zero-order chi connectivity index (χ0) is 14.2. The molecular formula is C17H20N2O. The Labute approximate surface area is 119 Å². The fourth-order valence-electron chi connectivity index (χ4n) is 3.11. The van der Waals surface area contributed by atoms with Crippen LogP contribution in [-0.4, -0.2) is 16.4 Å². The van der Waals surface area contributed by atoms with Crippen LogP contribution in [0.15, 0.2) is 36.5 Å². The average molecular weight is 268 g/mol. The van der Waals surface area contributed by atoms with Crippen LogP contribution in [0.4, 0.5) is 0 Å². The summed E-state index contributed by atoms with van der Waals surface area (Å²) in [6.45, 7) is 4.38. The zero-order valence-electron chi connectivity index (χ0n) is 12.0. The molecule has 20 heavy (non-hydrogen) atoms. The van der Waals surface area contributed by atoms with Crippen LogP contribution in [0.5, 0.6) is 0 Å². The van der Waals surface area contributed by atoms with E-state index < -0.39 is 0 Å². The van der Waals surface area contributed by atoms with Gasteiger partial charge in [-0.25, -0.2) is 0 Å². The van der Waals surface area contributed by atoms with Crippen molar-refractivity contribution < 1.29 is 4.79 Å². The smallest absolute Gasteiger partial charge is 0.220 e. The van der Waals surface area contributed by atoms with Gasteiger partial charge in [-0.3, -0.25) is 9.78 Å². The van der Waals surface area contributed by atoms with E-state index in [-0.39, 0.29) is 11.4 Å². The first kappa shape index (κ1) is 13.1. The fraction of sp³-hybridized carbons (Fsp3) is 0.412. The Balaban J connectivity index is 1.93. The molecule has 2 heterocycles. The summed E-state index contributed by atoms with van der Waals surface area (Å²) in [5.74, 6) is 0.611. The van der Waals surface area contributed by atoms with Crippen molar-refractivity contribution in [3.05, 3.63) is 42.1 Å². The third kappa shape index (κ3) is 2.28. The van der Waals surface area contributed by atoms with Gasteiger partial charge in [0.2, 0.25) is 5.91 Å². The Morgan fingerprint density at radius 3 is 2.90 bits per heavy atom. The van der Waals surface area contributed by atoms with Gasteiger partial charge in [-0.05, 0) is 42.5 Å². The third-order valence-corrected chi connectivity index (χ3v) is 4.48. The molecule has 0 aliphatic carbocycles. The van der Waals surface area contributed by atoms with Gasteiger partial charge >= 0.3 is 0 Å². The van der Waals surface area contributed by atoms with E-state index in [2.05, 4.69) is 48.4 Å². The number of hydrogen-bond acceptors (Lipinski definition) is 2. The second-order valence-corrected chi connectivity index (χ2v) is 6.07. The van der Waals surface area contributed by atoms with Crippen LogP contribution in [0.1, 0.15) is 32.3 Å². The van der Waals surface area contributed by atoms with Gasteiger partial charge in [-0.1, -0.05) is 26.0 Å². The molecule has 1 atom stereocenters. The summed E-state index contributed by atoms with van der Waals surface area (Å²) in [5.41, 5.74) is 2.19. The van der Waals surface area contributed by atoms with Crippen LogP contribution in [0.25, 0.3) is 10.9 Å². The number of nitrogens with zero attached hydrogens (tertiary/aromatic N) is 1. The largest absolute Gasteiger partial charge is 0.350 e. The van der Waals surface area contributed by atoms with Crippen LogP contribution < -0.4 is 5.32 Å². The topological polar surface area (TPSA) is 42.0 Å². The van der Waals surface area contributed by atoms with Gasteiger partial charge < -0.3 is 5.32 Å². The highest BCUT2D eigenvalue weighted by Gasteiger charge is 2.40. The van der Waals surface area contributed by atoms with E-state index in [9.17, 15) is 4.79 Å². The summed E-state index contributed by atoms with van der Waals surface area (Å²) in [7, 11) is 0. The first-order valence-corrected chi connectivity index (χ1v) is 7.24. The highest BCUT2D eigenvalue weighted by atomic mass is 16.2. The molecule has 1 unspecified atom stereocenters. The van der Waals surface area contributed by atoms with Crippen molar-refractivity contribution >= 4 is 16.8 Å². The molecule has 2 aromatic rings. The number of rotatable bonds is 3. The standard InChI is InChI=1S/C17H20N2O/c1-12(2)17(8-7-16(20)19-17)11-13-5-6-15-14(10-13)4-3-9-18-15/h3-6,9-10,12H,7-8,11H2,1-2H3,(H,19,20). The van der Waals surface area contributed by atoms with Crippen LogP contribution in [0.3, 0.4) is 0 Å². The summed E-state index contributed by atoms with van der Waals surface area (Å²) >= 11 is 0. The Kier molecular flexibility index (Phi) is 3.20. The Morgan fingerprint density at radius 1 is 1.35 bits per heavy atom. The lowest BCUT2D eigenvalue weighted by molar-refractivity contribution is -0.120. The summed E-state index contributed by atoms with van der Waals surface area (Å²) in [5, 5.41) is 4.37. The van der Waals surface area contributed by atoms with Gasteiger partial charge in [0.15, 0.2) is 0 Å². The van der Waals surface area contributed by atoms with E-state index in [0.717, 1.165) is 23.7 Å². The molecule has 1 fully saturated rings. The monoisotopic (exact) mass is 268 g/mol. The first-order valence-electron chi connectivity index (χ1n) is 7.24. The van der Waals surface area contributed by atoms with Crippen molar-refractivity contribution in [1.29, 1.82) is 0 Å². The normalized spacial score (nSPS) is 22.4. The van der Waals surface area contributed by atoms with Crippen molar-refractivity contribution in [1.82, 2.24) is 10.3 Å². The van der Waals surface area contributed by atoms with Gasteiger partial charge in [-0.15, -0.1) is 0 Å². The van der Waals surface area contributed by atoms with Gasteiger partial charge in [0, 0.05) is 23.5 Å². The van der Waals surface area contributed by atoms with E-state index in [1.807, 2.05) is 12.3 Å². The van der Waals surface area contributed by atoms with E-state index >= 15 is 0 Å². The third-order valence-electron chi connectivity index (χ3n) is 4.48. The summed E-state index contributed by atoms with van der Waals surface area (Å²) < 4.78 is 0. The molecule has 1 aliphatic rings. The van der Waals surface area contributed by atoms with E-state index in [1.165, 1.54) is 5.56 Å². The number of carbonyl (C=O) groups is 1. The molecule has 3 heteroatoms. The quantitative estimate of drug-likeness (QED) is 0.929. The number of pyridine rings is 1. The molecule has 0 saturated carbocycles. The fourth-order valence-corrected chi connectivity index (χ4v) is 3.11. The van der Waals surface area contributed by atoms with Crippen molar-refractivity contribution in [3.8, 4) is 0 Å². The molecular weight excluding hydrogens is 248 g/mol. The van der Waals surface area contributed by atoms with Crippen molar-refractivity contribution in [3.63, 3.8) is 0 Å².